The third-order valence-corrected chi connectivity index (χ3v) is 2.65. The van der Waals surface area contributed by atoms with Crippen LogP contribution in [0.25, 0.3) is 0 Å². The summed E-state index contributed by atoms with van der Waals surface area (Å²) in [6, 6.07) is 6.34. The van der Waals surface area contributed by atoms with Gasteiger partial charge in [0.25, 0.3) is 5.91 Å². The lowest BCUT2D eigenvalue weighted by Crippen LogP contribution is -2.15. The van der Waals surface area contributed by atoms with Crippen molar-refractivity contribution in [3.8, 4) is 5.75 Å². The first-order valence-corrected chi connectivity index (χ1v) is 5.71. The van der Waals surface area contributed by atoms with Crippen LogP contribution in [0.15, 0.2) is 36.4 Å². The molecule has 7 heteroatoms. The van der Waals surface area contributed by atoms with Gasteiger partial charge in [0.05, 0.1) is 11.3 Å². The van der Waals surface area contributed by atoms with E-state index in [2.05, 4.69) is 5.32 Å². The molecule has 0 atom stereocenters. The predicted molar refractivity (Wildman–Crippen MR) is 69.4 cm³/mol. The fourth-order valence-electron chi connectivity index (χ4n) is 1.67. The van der Waals surface area contributed by atoms with Crippen LogP contribution in [0.3, 0.4) is 0 Å². The molecule has 0 aliphatic rings. The van der Waals surface area contributed by atoms with Crippen LogP contribution < -0.4 is 5.32 Å². The van der Waals surface area contributed by atoms with Gasteiger partial charge in [0, 0.05) is 11.6 Å². The van der Waals surface area contributed by atoms with E-state index in [-0.39, 0.29) is 17.0 Å². The van der Waals surface area contributed by atoms with Crippen molar-refractivity contribution in [1.29, 1.82) is 0 Å². The minimum Gasteiger partial charge on any atom is -0.508 e. The highest BCUT2D eigenvalue weighted by molar-refractivity contribution is 6.07. The van der Waals surface area contributed by atoms with E-state index in [1.807, 2.05) is 0 Å². The van der Waals surface area contributed by atoms with Crippen LogP contribution in [0.4, 0.5) is 14.5 Å². The molecule has 5 nitrogen and oxygen atoms in total. The SMILES string of the molecule is O=C(Nc1cc(F)c(F)cc1C(=O)O)c1cccc(O)c1. The zero-order valence-electron chi connectivity index (χ0n) is 10.4. The number of phenolic OH excluding ortho intramolecular Hbond substituents is 1. The summed E-state index contributed by atoms with van der Waals surface area (Å²) in [5.41, 5.74) is -0.923. The maximum absolute atomic E-state index is 13.2. The van der Waals surface area contributed by atoms with Gasteiger partial charge in [-0.25, -0.2) is 13.6 Å². The number of carbonyl (C=O) groups is 2. The number of carbonyl (C=O) groups excluding carboxylic acids is 1. The van der Waals surface area contributed by atoms with Crippen LogP contribution in [-0.4, -0.2) is 22.1 Å². The molecule has 1 amide bonds. The van der Waals surface area contributed by atoms with Gasteiger partial charge in [-0.05, 0) is 24.3 Å². The number of carboxylic acids is 1. The van der Waals surface area contributed by atoms with Crippen LogP contribution >= 0.6 is 0 Å². The first-order chi connectivity index (χ1) is 9.88. The molecule has 0 fully saturated rings. The summed E-state index contributed by atoms with van der Waals surface area (Å²) in [5.74, 6) is -5.06. The number of amides is 1. The zero-order chi connectivity index (χ0) is 15.6. The van der Waals surface area contributed by atoms with Crippen molar-refractivity contribution in [2.45, 2.75) is 0 Å². The third kappa shape index (κ3) is 3.14. The Morgan fingerprint density at radius 1 is 1.05 bits per heavy atom. The smallest absolute Gasteiger partial charge is 0.337 e. The van der Waals surface area contributed by atoms with Crippen LogP contribution in [0, 0.1) is 11.6 Å². The van der Waals surface area contributed by atoms with E-state index < -0.39 is 29.1 Å². The normalized spacial score (nSPS) is 10.2. The second kappa shape index (κ2) is 5.58. The van der Waals surface area contributed by atoms with Crippen LogP contribution in [-0.2, 0) is 0 Å². The number of phenols is 1. The Balaban J connectivity index is 2.37. The Morgan fingerprint density at radius 2 is 1.71 bits per heavy atom. The number of halogens is 2. The molecule has 0 bridgehead atoms. The maximum Gasteiger partial charge on any atom is 0.337 e. The number of anilines is 1. The van der Waals surface area contributed by atoms with Crippen LogP contribution in [0.5, 0.6) is 5.75 Å². The molecule has 0 spiro atoms. The van der Waals surface area contributed by atoms with Crippen molar-refractivity contribution in [3.05, 3.63) is 59.2 Å². The minimum absolute atomic E-state index is 0.0380. The van der Waals surface area contributed by atoms with Crippen LogP contribution in [0.1, 0.15) is 20.7 Å². The van der Waals surface area contributed by atoms with E-state index >= 15 is 0 Å². The molecule has 21 heavy (non-hydrogen) atoms. The number of rotatable bonds is 3. The average Bonchev–Trinajstić information content (AvgIpc) is 2.42. The second-order valence-corrected chi connectivity index (χ2v) is 4.12. The highest BCUT2D eigenvalue weighted by atomic mass is 19.2. The fourth-order valence-corrected chi connectivity index (χ4v) is 1.67. The zero-order valence-corrected chi connectivity index (χ0v) is 10.4. The summed E-state index contributed by atoms with van der Waals surface area (Å²) >= 11 is 0. The van der Waals surface area contributed by atoms with Crippen molar-refractivity contribution < 1.29 is 28.6 Å². The average molecular weight is 293 g/mol. The molecule has 0 unspecified atom stereocenters. The van der Waals surface area contributed by atoms with Crippen molar-refractivity contribution in [3.63, 3.8) is 0 Å². The Labute approximate surface area is 117 Å². The monoisotopic (exact) mass is 293 g/mol. The number of hydrogen-bond acceptors (Lipinski definition) is 3. The van der Waals surface area contributed by atoms with E-state index in [1.54, 1.807) is 0 Å². The van der Waals surface area contributed by atoms with Crippen molar-refractivity contribution in [2.75, 3.05) is 5.32 Å². The Morgan fingerprint density at radius 3 is 2.33 bits per heavy atom. The van der Waals surface area contributed by atoms with Crippen LogP contribution in [0.2, 0.25) is 0 Å². The number of carboxylic acid groups (broad SMARTS) is 1. The van der Waals surface area contributed by atoms with Gasteiger partial charge in [-0.3, -0.25) is 4.79 Å². The quantitative estimate of drug-likeness (QED) is 0.812. The van der Waals surface area contributed by atoms with Crippen molar-refractivity contribution in [2.24, 2.45) is 0 Å². The Bertz CT molecular complexity index is 731. The van der Waals surface area contributed by atoms with Crippen molar-refractivity contribution >= 4 is 17.6 Å². The van der Waals surface area contributed by atoms with Gasteiger partial charge in [-0.15, -0.1) is 0 Å². The summed E-state index contributed by atoms with van der Waals surface area (Å²) in [5, 5.41) is 20.4. The van der Waals surface area contributed by atoms with Gasteiger partial charge >= 0.3 is 5.97 Å². The number of nitrogens with one attached hydrogen (secondary N) is 1. The molecule has 2 aromatic carbocycles. The molecule has 108 valence electrons. The fraction of sp³-hybridized carbons (Fsp3) is 0. The lowest BCUT2D eigenvalue weighted by molar-refractivity contribution is 0.0697. The standard InChI is InChI=1S/C14H9F2NO4/c15-10-5-9(14(20)21)12(6-11(10)16)17-13(19)7-2-1-3-8(18)4-7/h1-6,18H,(H,17,19)(H,20,21). The molecular weight excluding hydrogens is 284 g/mol. The van der Waals surface area contributed by atoms with E-state index in [4.69, 9.17) is 5.11 Å². The Hall–Kier alpha value is -2.96. The van der Waals surface area contributed by atoms with Crippen molar-refractivity contribution in [1.82, 2.24) is 0 Å². The summed E-state index contributed by atoms with van der Waals surface area (Å²) in [6.45, 7) is 0. The summed E-state index contributed by atoms with van der Waals surface area (Å²) in [4.78, 5) is 22.9. The molecule has 0 saturated carbocycles. The van der Waals surface area contributed by atoms with Gasteiger partial charge in [0.15, 0.2) is 11.6 Å². The summed E-state index contributed by atoms with van der Waals surface area (Å²) in [7, 11) is 0. The first-order valence-electron chi connectivity index (χ1n) is 5.71. The molecule has 0 aliphatic carbocycles. The third-order valence-electron chi connectivity index (χ3n) is 2.65. The molecule has 2 rings (SSSR count). The minimum atomic E-state index is -1.51. The highest BCUT2D eigenvalue weighted by Crippen LogP contribution is 2.21. The lowest BCUT2D eigenvalue weighted by Gasteiger charge is -2.09. The van der Waals surface area contributed by atoms with E-state index in [9.17, 15) is 23.5 Å². The van der Waals surface area contributed by atoms with E-state index in [0.717, 1.165) is 6.07 Å². The molecule has 2 aromatic rings. The number of benzene rings is 2. The topological polar surface area (TPSA) is 86.6 Å². The molecule has 3 N–H and O–H groups in total. The van der Waals surface area contributed by atoms with Gasteiger partial charge in [0.1, 0.15) is 5.75 Å². The molecule has 0 radical (unpaired) electrons. The molecular formula is C14H9F2NO4. The lowest BCUT2D eigenvalue weighted by atomic mass is 10.1. The Kier molecular flexibility index (Phi) is 3.84. The summed E-state index contributed by atoms with van der Waals surface area (Å²) < 4.78 is 26.2. The van der Waals surface area contributed by atoms with E-state index in [1.165, 1.54) is 18.2 Å². The largest absolute Gasteiger partial charge is 0.508 e. The molecule has 0 heterocycles. The number of aromatic carboxylic acids is 1. The molecule has 0 saturated heterocycles. The van der Waals surface area contributed by atoms with Gasteiger partial charge < -0.3 is 15.5 Å². The van der Waals surface area contributed by atoms with E-state index in [0.29, 0.717) is 12.1 Å². The highest BCUT2D eigenvalue weighted by Gasteiger charge is 2.17. The van der Waals surface area contributed by atoms with Gasteiger partial charge in [-0.1, -0.05) is 6.07 Å². The number of aromatic hydroxyl groups is 1. The molecule has 0 aliphatic heterocycles. The maximum atomic E-state index is 13.2. The second-order valence-electron chi connectivity index (χ2n) is 4.12. The number of hydrogen-bond donors (Lipinski definition) is 3. The molecule has 0 aromatic heterocycles. The van der Waals surface area contributed by atoms with Gasteiger partial charge in [-0.2, -0.15) is 0 Å². The predicted octanol–water partition coefficient (Wildman–Crippen LogP) is 2.62. The summed E-state index contributed by atoms with van der Waals surface area (Å²) in [6.07, 6.45) is 0. The first kappa shape index (κ1) is 14.4. The van der Waals surface area contributed by atoms with Gasteiger partial charge in [0.2, 0.25) is 0 Å².